The summed E-state index contributed by atoms with van der Waals surface area (Å²) < 4.78 is 55.1. The van der Waals surface area contributed by atoms with E-state index in [1.54, 1.807) is 0 Å². The van der Waals surface area contributed by atoms with Crippen LogP contribution in [0.2, 0.25) is 0 Å². The Bertz CT molecular complexity index is 3560. The van der Waals surface area contributed by atoms with Crippen LogP contribution in [0.1, 0.15) is 316 Å². The summed E-state index contributed by atoms with van der Waals surface area (Å²) >= 11 is 0. The second kappa shape index (κ2) is 36.3. The van der Waals surface area contributed by atoms with Crippen molar-refractivity contribution in [3.63, 3.8) is 0 Å². The van der Waals surface area contributed by atoms with Crippen LogP contribution >= 0.6 is 0 Å². The zero-order chi connectivity index (χ0) is 70.9. The Morgan fingerprint density at radius 1 is 0.264 bits per heavy atom. The van der Waals surface area contributed by atoms with Gasteiger partial charge in [0.05, 0.1) is 5.48 Å². The molecule has 7 aromatic carbocycles. The van der Waals surface area contributed by atoms with Gasteiger partial charge in [-0.15, -0.1) is 0 Å². The Balaban J connectivity index is 0.000000146. The molecule has 0 N–H and O–H groups in total. The normalized spacial score (nSPS) is 25.1. The number of hydrogen-bond acceptors (Lipinski definition) is 0. The second-order valence-electron chi connectivity index (χ2n) is 30.2. The van der Waals surface area contributed by atoms with E-state index < -0.39 is 0 Å². The van der Waals surface area contributed by atoms with Gasteiger partial charge in [-0.3, -0.25) is 0 Å². The third-order valence-corrected chi connectivity index (χ3v) is 21.6. The molecule has 0 saturated heterocycles. The van der Waals surface area contributed by atoms with E-state index in [0.717, 1.165) is 62.4 Å². The molecule has 0 aliphatic heterocycles. The minimum atomic E-state index is 0.0150. The molecule has 490 valence electrons. The summed E-state index contributed by atoms with van der Waals surface area (Å²) in [5, 5.41) is 0. The quantitative estimate of drug-likeness (QED) is 0.149. The van der Waals surface area contributed by atoms with Gasteiger partial charge in [0.1, 0.15) is 0 Å². The van der Waals surface area contributed by atoms with Crippen LogP contribution in [0.4, 0.5) is 0 Å². The van der Waals surface area contributed by atoms with Crippen molar-refractivity contribution in [1.82, 2.24) is 0 Å². The van der Waals surface area contributed by atoms with Gasteiger partial charge in [-0.2, -0.15) is 0 Å². The third-order valence-electron chi connectivity index (χ3n) is 21.6. The molecule has 0 bridgehead atoms. The molecule has 0 aromatic heterocycles. The van der Waals surface area contributed by atoms with Gasteiger partial charge in [-0.25, -0.2) is 0 Å². The Morgan fingerprint density at radius 3 is 1.10 bits per heavy atom. The molecule has 0 nitrogen and oxygen atoms in total. The Kier molecular flexibility index (Phi) is 24.6. The number of benzene rings is 7. The predicted octanol–water partition coefficient (Wildman–Crippen LogP) is 26.3. The van der Waals surface area contributed by atoms with Crippen molar-refractivity contribution in [2.24, 2.45) is 41.4 Å². The van der Waals surface area contributed by atoms with Gasteiger partial charge in [0.2, 0.25) is 0 Å². The zero-order valence-electron chi connectivity index (χ0n) is 66.4. The first-order chi connectivity index (χ1) is 46.8. The number of fused-ring (bicyclic) bond motifs is 7. The lowest BCUT2D eigenvalue weighted by Crippen LogP contribution is -2.14. The summed E-state index contributed by atoms with van der Waals surface area (Å²) in [6, 6.07) is 53.2. The molecule has 0 amide bonds. The molecule has 0 spiro atoms. The first kappa shape index (κ1) is 61.7. The van der Waals surface area contributed by atoms with Crippen LogP contribution < -0.4 is 0 Å². The van der Waals surface area contributed by atoms with Crippen molar-refractivity contribution in [3.8, 4) is 0 Å². The Morgan fingerprint density at radius 2 is 0.571 bits per heavy atom. The Labute approximate surface area is 568 Å². The fraction of sp³-hybridized carbons (Fsp3) is 0.538. The average molecular weight is 1230 g/mol. The van der Waals surface area contributed by atoms with Gasteiger partial charge in [-0.05, 0) is 296 Å². The number of hydrogen-bond donors (Lipinski definition) is 0. The highest BCUT2D eigenvalue weighted by Gasteiger charge is 2.28. The molecule has 0 heteroatoms. The van der Waals surface area contributed by atoms with Gasteiger partial charge in [0.25, 0.3) is 0 Å². The molecule has 0 fully saturated rings. The smallest absolute Gasteiger partial charge is 0.0622 e. The maximum Gasteiger partial charge on any atom is 0.0626 e. The summed E-state index contributed by atoms with van der Waals surface area (Å²) in [5.41, 5.74) is 19.8. The van der Waals surface area contributed by atoms with E-state index in [0.29, 0.717) is 83.1 Å². The molecular formula is C91H126. The minimum Gasteiger partial charge on any atom is -0.0622 e. The van der Waals surface area contributed by atoms with Crippen LogP contribution in [0, 0.1) is 41.4 Å². The lowest BCUT2D eigenvalue weighted by Gasteiger charge is -2.28. The molecule has 7 aromatic rings. The lowest BCUT2D eigenvalue weighted by atomic mass is 9.77. The van der Waals surface area contributed by atoms with Crippen molar-refractivity contribution in [2.45, 2.75) is 273 Å². The van der Waals surface area contributed by atoms with Crippen LogP contribution in [-0.4, -0.2) is 0 Å². The average Bonchev–Trinajstić information content (AvgIpc) is 0.862. The summed E-state index contributed by atoms with van der Waals surface area (Å²) in [6.45, 7) is 31.8. The maximum absolute atomic E-state index is 8.09. The number of aryl methyl sites for hydroxylation is 6. The van der Waals surface area contributed by atoms with E-state index in [9.17, 15) is 0 Å². The highest BCUT2D eigenvalue weighted by atomic mass is 14.3. The standard InChI is InChI=1S/7C13H18/c7*1-10(2)12-9-5-7-11-6-3-4-8-13(11)12/h7*3-4,6,8,10,12H,5,7,9H2,1-2H3/i9T;8T;7T;6T;5T;4T;3T. The van der Waals surface area contributed by atoms with Crippen LogP contribution in [0.25, 0.3) is 0 Å². The van der Waals surface area contributed by atoms with Crippen molar-refractivity contribution in [2.75, 3.05) is 0 Å². The number of rotatable bonds is 7. The first-order valence-corrected chi connectivity index (χ1v) is 36.7. The summed E-state index contributed by atoms with van der Waals surface area (Å²) in [6.07, 6.45) is 21.5. The molecular weight excluding hydrogens is 1090 g/mol. The predicted molar refractivity (Wildman–Crippen MR) is 399 cm³/mol. The highest BCUT2D eigenvalue weighted by Crippen LogP contribution is 2.42. The molecule has 7 aliphatic rings. The molecule has 91 heavy (non-hydrogen) atoms. The van der Waals surface area contributed by atoms with Crippen LogP contribution in [-0.2, 0) is 44.9 Å². The zero-order valence-corrected chi connectivity index (χ0v) is 59.4. The molecule has 0 saturated carbocycles. The van der Waals surface area contributed by atoms with Crippen LogP contribution in [0.5, 0.6) is 0 Å². The molecule has 14 rings (SSSR count). The van der Waals surface area contributed by atoms with Crippen LogP contribution in [0.3, 0.4) is 0 Å². The lowest BCUT2D eigenvalue weighted by molar-refractivity contribution is 0.433. The topological polar surface area (TPSA) is 0 Å². The van der Waals surface area contributed by atoms with Gasteiger partial charge < -0.3 is 0 Å². The largest absolute Gasteiger partial charge is 0.0626 e. The van der Waals surface area contributed by atoms with Crippen molar-refractivity contribution < 1.29 is 9.60 Å². The SMILES string of the molecule is [3H]C1CCC(C(C)C)c2ccccc21.[3H]C1CCc2ccccc2C1C(C)C.[3H]C1Cc2ccccc2C(C(C)C)C1.[3H]c1ccc2c(c1)C(C(C)C)CCC2.[3H]c1ccc2c(c1)CCCC2C(C)C.[3H]c1cccc2c1C(C(C)C)CCC2.[3H]c1cccc2c1CCCC2C(C)C. The van der Waals surface area contributed by atoms with E-state index in [1.165, 1.54) is 155 Å². The second-order valence-corrected chi connectivity index (χ2v) is 30.2. The molecule has 10 atom stereocenters. The molecule has 10 unspecified atom stereocenters. The van der Waals surface area contributed by atoms with Crippen LogP contribution in [0.15, 0.2) is 170 Å². The maximum atomic E-state index is 8.09. The summed E-state index contributed by atoms with van der Waals surface area (Å²) in [5.74, 6) is 9.17. The van der Waals surface area contributed by atoms with E-state index in [2.05, 4.69) is 200 Å². The highest BCUT2D eigenvalue weighted by molar-refractivity contribution is 5.38. The van der Waals surface area contributed by atoms with Gasteiger partial charge in [-0.1, -0.05) is 267 Å². The van der Waals surface area contributed by atoms with E-state index in [1.807, 2.05) is 42.5 Å². The van der Waals surface area contributed by atoms with Crippen molar-refractivity contribution in [3.05, 3.63) is 248 Å². The summed E-state index contributed by atoms with van der Waals surface area (Å²) in [4.78, 5) is 0. The van der Waals surface area contributed by atoms with Gasteiger partial charge in [0, 0.05) is 4.11 Å². The first-order valence-electron chi connectivity index (χ1n) is 40.4. The van der Waals surface area contributed by atoms with Crippen molar-refractivity contribution in [1.29, 1.82) is 0 Å². The summed E-state index contributed by atoms with van der Waals surface area (Å²) in [7, 11) is 0. The van der Waals surface area contributed by atoms with Crippen molar-refractivity contribution >= 4 is 0 Å². The van der Waals surface area contributed by atoms with E-state index >= 15 is 0 Å². The Hall–Kier alpha value is -5.46. The van der Waals surface area contributed by atoms with Gasteiger partial charge >= 0.3 is 0 Å². The fourth-order valence-electron chi connectivity index (χ4n) is 16.4. The van der Waals surface area contributed by atoms with E-state index in [-0.39, 0.29) is 19.2 Å². The molecule has 7 aliphatic carbocycles. The minimum absolute atomic E-state index is 0.0150. The van der Waals surface area contributed by atoms with E-state index in [4.69, 9.17) is 9.60 Å². The molecule has 0 heterocycles. The monoisotopic (exact) mass is 1230 g/mol. The molecule has 0 radical (unpaired) electrons. The third kappa shape index (κ3) is 20.0. The van der Waals surface area contributed by atoms with Gasteiger partial charge in [0.15, 0.2) is 0 Å². The fourth-order valence-corrected chi connectivity index (χ4v) is 16.4.